The van der Waals surface area contributed by atoms with Crippen LogP contribution in [0, 0.1) is 0 Å². The maximum Gasteiger partial charge on any atom is 0.319 e. The second-order valence-electron chi connectivity index (χ2n) is 4.96. The van der Waals surface area contributed by atoms with E-state index in [1.165, 1.54) is 18.4 Å². The highest BCUT2D eigenvalue weighted by Crippen LogP contribution is 2.32. The quantitative estimate of drug-likeness (QED) is 0.788. The van der Waals surface area contributed by atoms with E-state index >= 15 is 0 Å². The Balaban J connectivity index is 2.04. The Morgan fingerprint density at radius 1 is 0.955 bits per heavy atom. The highest BCUT2D eigenvalue weighted by atomic mass is 32.1. The molecule has 2 aromatic rings. The Kier molecular flexibility index (Phi) is 5.33. The fourth-order valence-electron chi connectivity index (χ4n) is 1.98. The summed E-state index contributed by atoms with van der Waals surface area (Å²) in [7, 11) is 1.36. The van der Waals surface area contributed by atoms with Gasteiger partial charge in [-0.25, -0.2) is 0 Å². The first-order valence-electron chi connectivity index (χ1n) is 6.97. The minimum Gasteiger partial charge on any atom is -0.469 e. The van der Waals surface area contributed by atoms with Crippen molar-refractivity contribution < 1.29 is 19.1 Å². The van der Waals surface area contributed by atoms with Gasteiger partial charge in [0.1, 0.15) is 0 Å². The van der Waals surface area contributed by atoms with Gasteiger partial charge in [0.05, 0.1) is 18.9 Å². The van der Waals surface area contributed by atoms with Gasteiger partial charge >= 0.3 is 11.9 Å². The predicted molar refractivity (Wildman–Crippen MR) is 85.2 cm³/mol. The van der Waals surface area contributed by atoms with E-state index in [0.29, 0.717) is 5.06 Å². The van der Waals surface area contributed by atoms with Gasteiger partial charge in [-0.2, -0.15) is 0 Å². The molecule has 0 aliphatic carbocycles. The molecule has 1 aromatic carbocycles. The van der Waals surface area contributed by atoms with Crippen molar-refractivity contribution in [3.8, 4) is 5.06 Å². The van der Waals surface area contributed by atoms with Crippen molar-refractivity contribution in [1.29, 1.82) is 0 Å². The molecule has 2 unspecified atom stereocenters. The number of hydrogen-bond acceptors (Lipinski definition) is 5. The third kappa shape index (κ3) is 3.74. The average Bonchev–Trinajstić information content (AvgIpc) is 3.01. The summed E-state index contributed by atoms with van der Waals surface area (Å²) < 4.78 is 10.1. The highest BCUT2D eigenvalue weighted by molar-refractivity contribution is 7.14. The average molecular weight is 318 g/mol. The van der Waals surface area contributed by atoms with Crippen LogP contribution in [0.5, 0.6) is 5.06 Å². The molecule has 0 saturated carbocycles. The molecule has 0 aliphatic heterocycles. The summed E-state index contributed by atoms with van der Waals surface area (Å²) in [5.41, 5.74) is 0.909. The Hall–Kier alpha value is -2.14. The third-order valence-electron chi connectivity index (χ3n) is 3.44. The van der Waals surface area contributed by atoms with Gasteiger partial charge in [0.15, 0.2) is 5.06 Å². The molecule has 2 atom stereocenters. The van der Waals surface area contributed by atoms with Crippen LogP contribution in [0.3, 0.4) is 0 Å². The first kappa shape index (κ1) is 16.2. The van der Waals surface area contributed by atoms with Gasteiger partial charge in [-0.05, 0) is 31.5 Å². The largest absolute Gasteiger partial charge is 0.469 e. The number of ether oxygens (including phenoxy) is 2. The van der Waals surface area contributed by atoms with Gasteiger partial charge in [-0.3, -0.25) is 9.59 Å². The van der Waals surface area contributed by atoms with Crippen LogP contribution in [0.1, 0.15) is 36.1 Å². The van der Waals surface area contributed by atoms with Crippen molar-refractivity contribution in [3.63, 3.8) is 0 Å². The number of benzene rings is 1. The van der Waals surface area contributed by atoms with E-state index in [9.17, 15) is 9.59 Å². The van der Waals surface area contributed by atoms with E-state index in [2.05, 4.69) is 0 Å². The summed E-state index contributed by atoms with van der Waals surface area (Å²) in [5, 5.41) is 0.485. The summed E-state index contributed by atoms with van der Waals surface area (Å²) >= 11 is 1.28. The van der Waals surface area contributed by atoms with Gasteiger partial charge in [0.2, 0.25) is 0 Å². The van der Waals surface area contributed by atoms with E-state index in [4.69, 9.17) is 9.47 Å². The van der Waals surface area contributed by atoms with Crippen molar-refractivity contribution in [2.45, 2.75) is 25.7 Å². The topological polar surface area (TPSA) is 52.6 Å². The minimum absolute atomic E-state index is 0.308. The van der Waals surface area contributed by atoms with E-state index in [1.807, 2.05) is 37.3 Å². The molecule has 22 heavy (non-hydrogen) atoms. The van der Waals surface area contributed by atoms with E-state index in [-0.39, 0.29) is 23.8 Å². The number of carbonyl (C=O) groups excluding carboxylic acids is 2. The number of methoxy groups -OCH3 is 1. The van der Waals surface area contributed by atoms with E-state index < -0.39 is 0 Å². The van der Waals surface area contributed by atoms with Crippen molar-refractivity contribution >= 4 is 23.3 Å². The van der Waals surface area contributed by atoms with Crippen LogP contribution in [0.15, 0.2) is 42.5 Å². The lowest BCUT2D eigenvalue weighted by atomic mass is 10.0. The smallest absolute Gasteiger partial charge is 0.319 e. The predicted octanol–water partition coefficient (Wildman–Crippen LogP) is 3.73. The Morgan fingerprint density at radius 3 is 2.27 bits per heavy atom. The zero-order chi connectivity index (χ0) is 16.1. The third-order valence-corrected chi connectivity index (χ3v) is 4.58. The van der Waals surface area contributed by atoms with E-state index in [1.54, 1.807) is 19.1 Å². The standard InChI is InChI=1S/C17H18O4S/c1-11(13-7-5-4-6-8-13)17(19)21-15-10-9-14(22-15)12(2)16(18)20-3/h4-12H,1-3H3. The van der Waals surface area contributed by atoms with E-state index in [0.717, 1.165) is 10.4 Å². The molecule has 1 heterocycles. The summed E-state index contributed by atoms with van der Waals surface area (Å²) in [4.78, 5) is 24.5. The second-order valence-corrected chi connectivity index (χ2v) is 6.03. The Bertz CT molecular complexity index is 648. The SMILES string of the molecule is COC(=O)C(C)c1ccc(OC(=O)C(C)c2ccccc2)s1. The molecule has 5 heteroatoms. The molecule has 0 amide bonds. The van der Waals surface area contributed by atoms with Gasteiger partial charge in [-0.15, -0.1) is 11.3 Å². The number of carbonyl (C=O) groups is 2. The number of rotatable bonds is 5. The molecule has 0 radical (unpaired) electrons. The van der Waals surface area contributed by atoms with Crippen LogP contribution < -0.4 is 4.74 Å². The zero-order valence-electron chi connectivity index (χ0n) is 12.7. The van der Waals surface area contributed by atoms with Crippen molar-refractivity contribution in [2.24, 2.45) is 0 Å². The molecule has 2 rings (SSSR count). The Morgan fingerprint density at radius 2 is 1.64 bits per heavy atom. The maximum atomic E-state index is 12.2. The van der Waals surface area contributed by atoms with Crippen LogP contribution in [0.25, 0.3) is 0 Å². The van der Waals surface area contributed by atoms with Crippen LogP contribution in [-0.4, -0.2) is 19.0 Å². The van der Waals surface area contributed by atoms with Gasteiger partial charge in [0.25, 0.3) is 0 Å². The van der Waals surface area contributed by atoms with Gasteiger partial charge in [-0.1, -0.05) is 30.3 Å². The molecule has 0 fully saturated rings. The number of esters is 2. The molecular weight excluding hydrogens is 300 g/mol. The molecule has 1 aromatic heterocycles. The molecule has 0 spiro atoms. The molecule has 4 nitrogen and oxygen atoms in total. The lowest BCUT2D eigenvalue weighted by Gasteiger charge is -2.10. The van der Waals surface area contributed by atoms with Crippen LogP contribution >= 0.6 is 11.3 Å². The van der Waals surface area contributed by atoms with Crippen molar-refractivity contribution in [2.75, 3.05) is 7.11 Å². The fourth-order valence-corrected chi connectivity index (χ4v) is 2.88. The van der Waals surface area contributed by atoms with Gasteiger partial charge < -0.3 is 9.47 Å². The molecule has 0 N–H and O–H groups in total. The number of thiophene rings is 1. The molecule has 0 bridgehead atoms. The lowest BCUT2D eigenvalue weighted by Crippen LogP contribution is -2.15. The Labute approximate surface area is 133 Å². The lowest BCUT2D eigenvalue weighted by molar-refractivity contribution is -0.142. The van der Waals surface area contributed by atoms with Crippen LogP contribution in [-0.2, 0) is 14.3 Å². The highest BCUT2D eigenvalue weighted by Gasteiger charge is 2.21. The molecule has 0 aliphatic rings. The van der Waals surface area contributed by atoms with Crippen LogP contribution in [0.4, 0.5) is 0 Å². The second kappa shape index (κ2) is 7.22. The molecule has 116 valence electrons. The maximum absolute atomic E-state index is 12.2. The first-order valence-corrected chi connectivity index (χ1v) is 7.78. The normalized spacial score (nSPS) is 13.2. The minimum atomic E-state index is -0.367. The summed E-state index contributed by atoms with van der Waals surface area (Å²) in [6.45, 7) is 3.57. The first-order chi connectivity index (χ1) is 10.5. The summed E-state index contributed by atoms with van der Waals surface area (Å²) in [5.74, 6) is -1.33. The van der Waals surface area contributed by atoms with Crippen molar-refractivity contribution in [1.82, 2.24) is 0 Å². The molecular formula is C17H18O4S. The zero-order valence-corrected chi connectivity index (χ0v) is 13.6. The number of hydrogen-bond donors (Lipinski definition) is 0. The summed E-state index contributed by atoms with van der Waals surface area (Å²) in [6.07, 6.45) is 0. The van der Waals surface area contributed by atoms with Crippen LogP contribution in [0.2, 0.25) is 0 Å². The van der Waals surface area contributed by atoms with Crippen molar-refractivity contribution in [3.05, 3.63) is 52.9 Å². The monoisotopic (exact) mass is 318 g/mol. The fraction of sp³-hybridized carbons (Fsp3) is 0.294. The summed E-state index contributed by atoms with van der Waals surface area (Å²) in [6, 6.07) is 13.0. The molecule has 0 saturated heterocycles. The van der Waals surface area contributed by atoms with Gasteiger partial charge in [0, 0.05) is 4.88 Å².